The third-order valence-electron chi connectivity index (χ3n) is 2.75. The van der Waals surface area contributed by atoms with Gasteiger partial charge in [0.05, 0.1) is 0 Å². The van der Waals surface area contributed by atoms with Crippen LogP contribution in [0.1, 0.15) is 26.3 Å². The predicted molar refractivity (Wildman–Crippen MR) is 92.3 cm³/mol. The molecule has 0 spiro atoms. The predicted octanol–water partition coefficient (Wildman–Crippen LogP) is 5.33. The van der Waals surface area contributed by atoms with Crippen LogP contribution in [0.15, 0.2) is 59.5 Å². The zero-order valence-electron chi connectivity index (χ0n) is 13.1. The summed E-state index contributed by atoms with van der Waals surface area (Å²) in [5.74, 6) is 0.930. The standard InChI is InChI=1S/C18H21NO2S/c1-18(2,3)21-17(20)19-15-9-11-16(12-10-15)22-13-14-7-5-4-6-8-14/h4-12H,13H2,1-3H3,(H,19,20). The Morgan fingerprint density at radius 2 is 1.68 bits per heavy atom. The Kier molecular flexibility index (Phi) is 5.50. The van der Waals surface area contributed by atoms with Gasteiger partial charge in [-0.05, 0) is 50.6 Å². The minimum atomic E-state index is -0.491. The number of carbonyl (C=O) groups is 1. The van der Waals surface area contributed by atoms with Gasteiger partial charge < -0.3 is 4.74 Å². The summed E-state index contributed by atoms with van der Waals surface area (Å²) < 4.78 is 5.22. The molecular weight excluding hydrogens is 294 g/mol. The number of benzene rings is 2. The van der Waals surface area contributed by atoms with Crippen molar-refractivity contribution >= 4 is 23.5 Å². The van der Waals surface area contributed by atoms with Crippen molar-refractivity contribution in [2.45, 2.75) is 37.0 Å². The summed E-state index contributed by atoms with van der Waals surface area (Å²) in [5.41, 5.74) is 1.54. The van der Waals surface area contributed by atoms with Crippen LogP contribution in [0.25, 0.3) is 0 Å². The molecule has 0 aliphatic carbocycles. The second-order valence-corrected chi connectivity index (χ2v) is 6.97. The summed E-state index contributed by atoms with van der Waals surface area (Å²) in [6.07, 6.45) is -0.433. The smallest absolute Gasteiger partial charge is 0.412 e. The molecule has 2 aromatic rings. The number of anilines is 1. The summed E-state index contributed by atoms with van der Waals surface area (Å²) in [4.78, 5) is 12.9. The van der Waals surface area contributed by atoms with Gasteiger partial charge in [-0.3, -0.25) is 5.32 Å². The monoisotopic (exact) mass is 315 g/mol. The van der Waals surface area contributed by atoms with Gasteiger partial charge in [0.25, 0.3) is 0 Å². The lowest BCUT2D eigenvalue weighted by Gasteiger charge is -2.19. The molecule has 1 amide bonds. The Morgan fingerprint density at radius 1 is 1.05 bits per heavy atom. The maximum absolute atomic E-state index is 11.7. The number of amides is 1. The molecule has 3 nitrogen and oxygen atoms in total. The third-order valence-corrected chi connectivity index (χ3v) is 3.83. The number of ether oxygens (including phenoxy) is 1. The van der Waals surface area contributed by atoms with Gasteiger partial charge in [0.1, 0.15) is 5.60 Å². The molecule has 0 aliphatic heterocycles. The van der Waals surface area contributed by atoms with E-state index in [2.05, 4.69) is 17.4 Å². The number of thioether (sulfide) groups is 1. The first-order valence-corrected chi connectivity index (χ1v) is 8.18. The first-order valence-electron chi connectivity index (χ1n) is 7.19. The van der Waals surface area contributed by atoms with Crippen LogP contribution in [-0.4, -0.2) is 11.7 Å². The highest BCUT2D eigenvalue weighted by Gasteiger charge is 2.15. The van der Waals surface area contributed by atoms with Crippen molar-refractivity contribution in [2.75, 3.05) is 5.32 Å². The first kappa shape index (κ1) is 16.4. The van der Waals surface area contributed by atoms with E-state index in [-0.39, 0.29) is 0 Å². The van der Waals surface area contributed by atoms with Crippen molar-refractivity contribution in [1.29, 1.82) is 0 Å². The van der Waals surface area contributed by atoms with Crippen LogP contribution in [0.4, 0.5) is 10.5 Å². The lowest BCUT2D eigenvalue weighted by molar-refractivity contribution is 0.0636. The largest absolute Gasteiger partial charge is 0.444 e. The molecule has 1 N–H and O–H groups in total. The molecule has 0 fully saturated rings. The van der Waals surface area contributed by atoms with Gasteiger partial charge in [-0.15, -0.1) is 11.8 Å². The van der Waals surface area contributed by atoms with Crippen LogP contribution in [0.2, 0.25) is 0 Å². The summed E-state index contributed by atoms with van der Waals surface area (Å²) in [6, 6.07) is 18.1. The molecule has 0 bridgehead atoms. The van der Waals surface area contributed by atoms with Crippen LogP contribution in [-0.2, 0) is 10.5 Å². The molecular formula is C18H21NO2S. The molecule has 0 aliphatic rings. The maximum atomic E-state index is 11.7. The average Bonchev–Trinajstić information content (AvgIpc) is 2.45. The Hall–Kier alpha value is -1.94. The number of carbonyl (C=O) groups excluding carboxylic acids is 1. The maximum Gasteiger partial charge on any atom is 0.412 e. The molecule has 2 rings (SSSR count). The van der Waals surface area contributed by atoms with Crippen LogP contribution in [0, 0.1) is 0 Å². The van der Waals surface area contributed by atoms with Crippen LogP contribution < -0.4 is 5.32 Å². The molecule has 0 saturated carbocycles. The fourth-order valence-corrected chi connectivity index (χ4v) is 2.65. The molecule has 0 unspecified atom stereocenters. The van der Waals surface area contributed by atoms with Crippen molar-refractivity contribution in [1.82, 2.24) is 0 Å². The Balaban J connectivity index is 1.86. The van der Waals surface area contributed by atoms with E-state index in [0.717, 1.165) is 11.4 Å². The highest BCUT2D eigenvalue weighted by atomic mass is 32.2. The Bertz CT molecular complexity index is 603. The zero-order chi connectivity index (χ0) is 16.0. The minimum absolute atomic E-state index is 0.433. The van der Waals surface area contributed by atoms with Crippen LogP contribution >= 0.6 is 11.8 Å². The molecule has 4 heteroatoms. The molecule has 0 saturated heterocycles. The average molecular weight is 315 g/mol. The van der Waals surface area contributed by atoms with Gasteiger partial charge in [-0.1, -0.05) is 30.3 Å². The zero-order valence-corrected chi connectivity index (χ0v) is 13.9. The van der Waals surface area contributed by atoms with E-state index in [0.29, 0.717) is 0 Å². The van der Waals surface area contributed by atoms with Gasteiger partial charge in [0.15, 0.2) is 0 Å². The van der Waals surface area contributed by atoms with Crippen molar-refractivity contribution in [2.24, 2.45) is 0 Å². The summed E-state index contributed by atoms with van der Waals surface area (Å²) in [6.45, 7) is 5.53. The fraction of sp³-hybridized carbons (Fsp3) is 0.278. The highest BCUT2D eigenvalue weighted by Crippen LogP contribution is 2.24. The van der Waals surface area contributed by atoms with Crippen molar-refractivity contribution in [3.8, 4) is 0 Å². The Morgan fingerprint density at radius 3 is 2.27 bits per heavy atom. The second-order valence-electron chi connectivity index (χ2n) is 5.93. The second kappa shape index (κ2) is 7.36. The quantitative estimate of drug-likeness (QED) is 0.775. The Labute approximate surface area is 136 Å². The van der Waals surface area contributed by atoms with Gasteiger partial charge >= 0.3 is 6.09 Å². The number of nitrogens with one attached hydrogen (secondary N) is 1. The van der Waals surface area contributed by atoms with Gasteiger partial charge in [-0.25, -0.2) is 4.79 Å². The van der Waals surface area contributed by atoms with E-state index in [1.807, 2.05) is 63.2 Å². The van der Waals surface area contributed by atoms with Crippen LogP contribution in [0.5, 0.6) is 0 Å². The van der Waals surface area contributed by atoms with E-state index in [1.165, 1.54) is 10.5 Å². The van der Waals surface area contributed by atoms with Crippen LogP contribution in [0.3, 0.4) is 0 Å². The minimum Gasteiger partial charge on any atom is -0.444 e. The van der Waals surface area contributed by atoms with Gasteiger partial charge in [0, 0.05) is 16.3 Å². The summed E-state index contributed by atoms with van der Waals surface area (Å²) >= 11 is 1.77. The lowest BCUT2D eigenvalue weighted by Crippen LogP contribution is -2.27. The van der Waals surface area contributed by atoms with E-state index in [4.69, 9.17) is 4.74 Å². The molecule has 0 atom stereocenters. The highest BCUT2D eigenvalue weighted by molar-refractivity contribution is 7.98. The summed E-state index contributed by atoms with van der Waals surface area (Å²) in [5, 5.41) is 2.73. The summed E-state index contributed by atoms with van der Waals surface area (Å²) in [7, 11) is 0. The van der Waals surface area contributed by atoms with Crippen molar-refractivity contribution in [3.63, 3.8) is 0 Å². The van der Waals surface area contributed by atoms with E-state index in [9.17, 15) is 4.79 Å². The molecule has 2 aromatic carbocycles. The molecule has 22 heavy (non-hydrogen) atoms. The number of rotatable bonds is 4. The topological polar surface area (TPSA) is 38.3 Å². The molecule has 0 radical (unpaired) electrons. The van der Waals surface area contributed by atoms with Crippen molar-refractivity contribution in [3.05, 3.63) is 60.2 Å². The van der Waals surface area contributed by atoms with E-state index >= 15 is 0 Å². The van der Waals surface area contributed by atoms with Gasteiger partial charge in [-0.2, -0.15) is 0 Å². The number of hydrogen-bond donors (Lipinski definition) is 1. The molecule has 0 aromatic heterocycles. The van der Waals surface area contributed by atoms with E-state index in [1.54, 1.807) is 11.8 Å². The molecule has 116 valence electrons. The fourth-order valence-electron chi connectivity index (χ4n) is 1.80. The van der Waals surface area contributed by atoms with Gasteiger partial charge in [0.2, 0.25) is 0 Å². The first-order chi connectivity index (χ1) is 10.4. The SMILES string of the molecule is CC(C)(C)OC(=O)Nc1ccc(SCc2ccccc2)cc1. The third kappa shape index (κ3) is 5.82. The normalized spacial score (nSPS) is 11.0. The molecule has 0 heterocycles. The van der Waals surface area contributed by atoms with E-state index < -0.39 is 11.7 Å². The van der Waals surface area contributed by atoms with Crippen molar-refractivity contribution < 1.29 is 9.53 Å². The lowest BCUT2D eigenvalue weighted by atomic mass is 10.2. The number of hydrogen-bond acceptors (Lipinski definition) is 3.